The number of benzene rings is 3. The number of nitrogens with zero attached hydrogens (tertiary/aromatic N) is 2. The van der Waals surface area contributed by atoms with Gasteiger partial charge in [-0.25, -0.2) is 4.98 Å². The van der Waals surface area contributed by atoms with Crippen LogP contribution in [0.1, 0.15) is 11.6 Å². The predicted molar refractivity (Wildman–Crippen MR) is 108 cm³/mol. The van der Waals surface area contributed by atoms with Gasteiger partial charge >= 0.3 is 0 Å². The Morgan fingerprint density at radius 2 is 1.59 bits per heavy atom. The van der Waals surface area contributed by atoms with Gasteiger partial charge in [-0.1, -0.05) is 54.6 Å². The van der Waals surface area contributed by atoms with Gasteiger partial charge in [0, 0.05) is 5.56 Å². The lowest BCUT2D eigenvalue weighted by Crippen LogP contribution is -2.56. The largest absolute Gasteiger partial charge is 0.338 e. The molecule has 1 amide bonds. The van der Waals surface area contributed by atoms with E-state index < -0.39 is 5.38 Å². The summed E-state index contributed by atoms with van der Waals surface area (Å²) in [5, 5.41) is -0.559. The second kappa shape index (κ2) is 6.25. The summed E-state index contributed by atoms with van der Waals surface area (Å²) in [6.45, 7) is 0. The van der Waals surface area contributed by atoms with Crippen molar-refractivity contribution in [3.63, 3.8) is 0 Å². The molecule has 1 aliphatic rings. The van der Waals surface area contributed by atoms with Gasteiger partial charge in [0.15, 0.2) is 0 Å². The topological polar surface area (TPSA) is 49.0 Å². The first-order valence-electron chi connectivity index (χ1n) is 8.80. The van der Waals surface area contributed by atoms with Crippen molar-refractivity contribution in [2.75, 3.05) is 4.90 Å². The summed E-state index contributed by atoms with van der Waals surface area (Å²) in [6.07, 6.45) is 0. The number of aromatic amines is 1. The summed E-state index contributed by atoms with van der Waals surface area (Å²) in [5.74, 6) is 0.651. The van der Waals surface area contributed by atoms with Gasteiger partial charge < -0.3 is 9.88 Å². The Bertz CT molecular complexity index is 1110. The number of β-lactam (4-membered cyclic amide) rings is 1. The summed E-state index contributed by atoms with van der Waals surface area (Å²) in [6, 6.07) is 25.4. The average Bonchev–Trinajstić information content (AvgIpc) is 3.16. The molecule has 1 N–H and O–H groups in total. The molecule has 27 heavy (non-hydrogen) atoms. The van der Waals surface area contributed by atoms with Gasteiger partial charge in [0.05, 0.1) is 22.8 Å². The number of alkyl halides is 1. The molecule has 4 aromatic rings. The van der Waals surface area contributed by atoms with E-state index in [4.69, 9.17) is 16.6 Å². The molecule has 0 aliphatic carbocycles. The number of H-pyrrole nitrogens is 1. The minimum Gasteiger partial charge on any atom is -0.338 e. The third-order valence-corrected chi connectivity index (χ3v) is 5.40. The van der Waals surface area contributed by atoms with Crippen molar-refractivity contribution in [2.24, 2.45) is 0 Å². The number of halogens is 1. The van der Waals surface area contributed by atoms with E-state index >= 15 is 0 Å². The number of rotatable bonds is 3. The highest BCUT2D eigenvalue weighted by Gasteiger charge is 2.48. The molecule has 0 saturated carbocycles. The Balaban J connectivity index is 1.62. The molecule has 0 radical (unpaired) electrons. The van der Waals surface area contributed by atoms with Crippen molar-refractivity contribution in [3.05, 3.63) is 84.4 Å². The minimum absolute atomic E-state index is 0.0888. The van der Waals surface area contributed by atoms with Crippen molar-refractivity contribution in [1.82, 2.24) is 9.97 Å². The molecule has 1 aromatic heterocycles. The van der Waals surface area contributed by atoms with Gasteiger partial charge in [0.25, 0.3) is 0 Å². The summed E-state index contributed by atoms with van der Waals surface area (Å²) < 4.78 is 0. The Labute approximate surface area is 161 Å². The molecule has 2 unspecified atom stereocenters. The highest BCUT2D eigenvalue weighted by Crippen LogP contribution is 2.45. The van der Waals surface area contributed by atoms with Crippen molar-refractivity contribution in [1.29, 1.82) is 0 Å². The third-order valence-electron chi connectivity index (χ3n) is 4.98. The normalized spacial score (nSPS) is 19.3. The van der Waals surface area contributed by atoms with Crippen LogP contribution in [0.3, 0.4) is 0 Å². The number of carbonyl (C=O) groups is 1. The standard InChI is InChI=1S/C22H16ClN3O/c23-19-20(14-8-2-1-3-9-14)26(22(19)27)18-13-7-4-10-15(18)21-24-16-11-5-6-12-17(16)25-21/h1-13,19-20H,(H,24,25). The molecule has 1 saturated heterocycles. The molecule has 132 valence electrons. The van der Waals surface area contributed by atoms with E-state index in [2.05, 4.69) is 4.98 Å². The van der Waals surface area contributed by atoms with Gasteiger partial charge in [-0.15, -0.1) is 11.6 Å². The zero-order valence-electron chi connectivity index (χ0n) is 14.3. The molecule has 2 atom stereocenters. The number of imidazole rings is 1. The maximum Gasteiger partial charge on any atom is 0.248 e. The fraction of sp³-hybridized carbons (Fsp3) is 0.0909. The Morgan fingerprint density at radius 1 is 0.889 bits per heavy atom. The SMILES string of the molecule is O=C1C(Cl)C(c2ccccc2)N1c1ccccc1-c1nc2ccccc2[nH]1. The summed E-state index contributed by atoms with van der Waals surface area (Å²) in [7, 11) is 0. The maximum atomic E-state index is 12.7. The molecule has 3 aromatic carbocycles. The van der Waals surface area contributed by atoms with E-state index in [-0.39, 0.29) is 11.9 Å². The van der Waals surface area contributed by atoms with Gasteiger partial charge in [-0.3, -0.25) is 4.79 Å². The van der Waals surface area contributed by atoms with Gasteiger partial charge in [-0.2, -0.15) is 0 Å². The summed E-state index contributed by atoms with van der Waals surface area (Å²) in [4.78, 5) is 22.5. The lowest BCUT2D eigenvalue weighted by molar-refractivity contribution is -0.123. The first-order valence-corrected chi connectivity index (χ1v) is 9.24. The van der Waals surface area contributed by atoms with Gasteiger partial charge in [0.1, 0.15) is 11.2 Å². The predicted octanol–water partition coefficient (Wildman–Crippen LogP) is 4.93. The van der Waals surface area contributed by atoms with Crippen molar-refractivity contribution in [2.45, 2.75) is 11.4 Å². The van der Waals surface area contributed by atoms with Gasteiger partial charge in [0.2, 0.25) is 5.91 Å². The first kappa shape index (κ1) is 16.1. The highest BCUT2D eigenvalue weighted by molar-refractivity contribution is 6.37. The molecule has 5 heteroatoms. The zero-order chi connectivity index (χ0) is 18.4. The number of aromatic nitrogens is 2. The van der Waals surface area contributed by atoms with Crippen LogP contribution >= 0.6 is 11.6 Å². The van der Waals surface area contributed by atoms with E-state index in [0.29, 0.717) is 0 Å². The lowest BCUT2D eigenvalue weighted by Gasteiger charge is -2.45. The molecule has 0 spiro atoms. The molecule has 2 heterocycles. The minimum atomic E-state index is -0.559. The average molecular weight is 374 g/mol. The second-order valence-corrected chi connectivity index (χ2v) is 7.06. The van der Waals surface area contributed by atoms with Crippen LogP contribution in [-0.2, 0) is 4.79 Å². The number of carbonyl (C=O) groups excluding carboxylic acids is 1. The van der Waals surface area contributed by atoms with Crippen molar-refractivity contribution >= 4 is 34.2 Å². The summed E-state index contributed by atoms with van der Waals surface area (Å²) in [5.41, 5.74) is 4.58. The number of amides is 1. The monoisotopic (exact) mass is 373 g/mol. The molecule has 1 aliphatic heterocycles. The molecule has 4 nitrogen and oxygen atoms in total. The molecule has 1 fully saturated rings. The number of hydrogen-bond acceptors (Lipinski definition) is 2. The Morgan fingerprint density at radius 3 is 2.41 bits per heavy atom. The number of nitrogens with one attached hydrogen (secondary N) is 1. The summed E-state index contributed by atoms with van der Waals surface area (Å²) >= 11 is 6.39. The van der Waals surface area contributed by atoms with Gasteiger partial charge in [-0.05, 0) is 29.8 Å². The molecule has 0 bridgehead atoms. The van der Waals surface area contributed by atoms with Crippen LogP contribution in [0, 0.1) is 0 Å². The first-order chi connectivity index (χ1) is 13.2. The second-order valence-electron chi connectivity index (χ2n) is 6.59. The van der Waals surface area contributed by atoms with E-state index in [9.17, 15) is 4.79 Å². The van der Waals surface area contributed by atoms with Crippen molar-refractivity contribution in [3.8, 4) is 11.4 Å². The molecule has 5 rings (SSSR count). The van der Waals surface area contributed by atoms with Crippen LogP contribution in [0.15, 0.2) is 78.9 Å². The smallest absolute Gasteiger partial charge is 0.248 e. The van der Waals surface area contributed by atoms with Crippen LogP contribution in [0.25, 0.3) is 22.4 Å². The third kappa shape index (κ3) is 2.53. The van der Waals surface area contributed by atoms with Crippen molar-refractivity contribution < 1.29 is 4.79 Å². The van der Waals surface area contributed by atoms with Crippen LogP contribution in [0.5, 0.6) is 0 Å². The number of hydrogen-bond donors (Lipinski definition) is 1. The molecular formula is C22H16ClN3O. The number of anilines is 1. The van der Waals surface area contributed by atoms with E-state index in [0.717, 1.165) is 33.7 Å². The lowest BCUT2D eigenvalue weighted by atomic mass is 9.91. The Kier molecular flexibility index (Phi) is 3.73. The van der Waals surface area contributed by atoms with Crippen LogP contribution < -0.4 is 4.90 Å². The quantitative estimate of drug-likeness (QED) is 0.409. The Hall–Kier alpha value is -3.11. The fourth-order valence-corrected chi connectivity index (χ4v) is 4.02. The number of fused-ring (bicyclic) bond motifs is 1. The fourth-order valence-electron chi connectivity index (χ4n) is 3.65. The van der Waals surface area contributed by atoms with E-state index in [1.165, 1.54) is 0 Å². The highest BCUT2D eigenvalue weighted by atomic mass is 35.5. The van der Waals surface area contributed by atoms with E-state index in [1.807, 2.05) is 78.9 Å². The number of para-hydroxylation sites is 3. The van der Waals surface area contributed by atoms with Crippen LogP contribution in [0.2, 0.25) is 0 Å². The maximum absolute atomic E-state index is 12.7. The van der Waals surface area contributed by atoms with Crippen LogP contribution in [0.4, 0.5) is 5.69 Å². The van der Waals surface area contributed by atoms with Crippen LogP contribution in [-0.4, -0.2) is 21.3 Å². The van der Waals surface area contributed by atoms with E-state index in [1.54, 1.807) is 4.90 Å². The zero-order valence-corrected chi connectivity index (χ0v) is 15.1. The molecular weight excluding hydrogens is 358 g/mol.